The molecule has 1 fully saturated rings. The number of ether oxygens (including phenoxy) is 1. The van der Waals surface area contributed by atoms with Gasteiger partial charge in [-0.3, -0.25) is 4.79 Å². The predicted molar refractivity (Wildman–Crippen MR) is 88.4 cm³/mol. The van der Waals surface area contributed by atoms with E-state index in [0.29, 0.717) is 16.9 Å². The Kier molecular flexibility index (Phi) is 5.11. The molecule has 0 bridgehead atoms. The van der Waals surface area contributed by atoms with Crippen molar-refractivity contribution < 1.29 is 19.0 Å². The number of benzene rings is 2. The van der Waals surface area contributed by atoms with Crippen molar-refractivity contribution >= 4 is 5.91 Å². The van der Waals surface area contributed by atoms with Crippen molar-refractivity contribution in [2.75, 3.05) is 19.7 Å². The van der Waals surface area contributed by atoms with E-state index in [0.717, 1.165) is 25.9 Å². The van der Waals surface area contributed by atoms with Gasteiger partial charge in [0.15, 0.2) is 0 Å². The molecular weight excluding hydrogens is 309 g/mol. The Morgan fingerprint density at radius 3 is 2.33 bits per heavy atom. The first kappa shape index (κ1) is 16.5. The van der Waals surface area contributed by atoms with Gasteiger partial charge < -0.3 is 14.7 Å². The lowest BCUT2D eigenvalue weighted by atomic mass is 10.1. The third-order valence-corrected chi connectivity index (χ3v) is 4.16. The Labute approximate surface area is 140 Å². The molecule has 0 saturated carbocycles. The molecular formula is C19H20FNO3. The summed E-state index contributed by atoms with van der Waals surface area (Å²) in [5, 5.41) is 10.1. The lowest BCUT2D eigenvalue weighted by Crippen LogP contribution is -2.27. The van der Waals surface area contributed by atoms with Crippen molar-refractivity contribution in [1.82, 2.24) is 4.90 Å². The minimum atomic E-state index is -0.837. The standard InChI is InChI=1S/C19H20FNO3/c20-16-7-3-14(4-8-16)18(22)13-24-17-9-5-15(6-10-17)19(23)21-11-1-2-12-21/h3-10,18,22H,1-2,11-13H2. The number of nitrogens with zero attached hydrogens (tertiary/aromatic N) is 1. The zero-order chi connectivity index (χ0) is 16.9. The Balaban J connectivity index is 1.56. The third kappa shape index (κ3) is 3.92. The summed E-state index contributed by atoms with van der Waals surface area (Å²) in [6, 6.07) is 12.6. The number of rotatable bonds is 5. The maximum Gasteiger partial charge on any atom is 0.253 e. The van der Waals surface area contributed by atoms with Gasteiger partial charge in [0.25, 0.3) is 5.91 Å². The largest absolute Gasteiger partial charge is 0.491 e. The van der Waals surface area contributed by atoms with Crippen LogP contribution in [0.15, 0.2) is 48.5 Å². The van der Waals surface area contributed by atoms with Gasteiger partial charge in [0.05, 0.1) is 0 Å². The second-order valence-corrected chi connectivity index (χ2v) is 5.90. The molecule has 0 spiro atoms. The molecule has 24 heavy (non-hydrogen) atoms. The van der Waals surface area contributed by atoms with E-state index in [1.54, 1.807) is 24.3 Å². The van der Waals surface area contributed by atoms with E-state index in [-0.39, 0.29) is 18.3 Å². The highest BCUT2D eigenvalue weighted by molar-refractivity contribution is 5.94. The van der Waals surface area contributed by atoms with Gasteiger partial charge in [-0.25, -0.2) is 4.39 Å². The van der Waals surface area contributed by atoms with Gasteiger partial charge in [-0.15, -0.1) is 0 Å². The van der Waals surface area contributed by atoms with E-state index in [9.17, 15) is 14.3 Å². The smallest absolute Gasteiger partial charge is 0.253 e. The quantitative estimate of drug-likeness (QED) is 0.916. The van der Waals surface area contributed by atoms with Crippen molar-refractivity contribution in [1.29, 1.82) is 0 Å². The molecule has 4 nitrogen and oxygen atoms in total. The van der Waals surface area contributed by atoms with Crippen molar-refractivity contribution in [3.05, 3.63) is 65.5 Å². The van der Waals surface area contributed by atoms with E-state index in [1.165, 1.54) is 24.3 Å². The maximum absolute atomic E-state index is 12.9. The number of hydrogen-bond acceptors (Lipinski definition) is 3. The molecule has 1 saturated heterocycles. The van der Waals surface area contributed by atoms with Crippen LogP contribution in [0.25, 0.3) is 0 Å². The van der Waals surface area contributed by atoms with Crippen LogP contribution in [0, 0.1) is 5.82 Å². The van der Waals surface area contributed by atoms with E-state index in [4.69, 9.17) is 4.74 Å². The van der Waals surface area contributed by atoms with Crippen LogP contribution in [0.3, 0.4) is 0 Å². The van der Waals surface area contributed by atoms with Gasteiger partial charge in [0, 0.05) is 18.7 Å². The van der Waals surface area contributed by atoms with Gasteiger partial charge >= 0.3 is 0 Å². The van der Waals surface area contributed by atoms with Crippen LogP contribution in [0.5, 0.6) is 5.75 Å². The highest BCUT2D eigenvalue weighted by atomic mass is 19.1. The topological polar surface area (TPSA) is 49.8 Å². The van der Waals surface area contributed by atoms with Crippen LogP contribution >= 0.6 is 0 Å². The fraction of sp³-hybridized carbons (Fsp3) is 0.316. The van der Waals surface area contributed by atoms with Gasteiger partial charge in [0.1, 0.15) is 24.3 Å². The Morgan fingerprint density at radius 2 is 1.71 bits per heavy atom. The second-order valence-electron chi connectivity index (χ2n) is 5.90. The van der Waals surface area contributed by atoms with Crippen molar-refractivity contribution in [3.63, 3.8) is 0 Å². The summed E-state index contributed by atoms with van der Waals surface area (Å²) in [6.45, 7) is 1.70. The lowest BCUT2D eigenvalue weighted by Gasteiger charge is -2.16. The number of halogens is 1. The number of carbonyl (C=O) groups excluding carboxylic acids is 1. The first-order valence-electron chi connectivity index (χ1n) is 8.09. The van der Waals surface area contributed by atoms with Crippen LogP contribution in [0.4, 0.5) is 4.39 Å². The summed E-state index contributed by atoms with van der Waals surface area (Å²) in [6.07, 6.45) is 1.29. The van der Waals surface area contributed by atoms with Crippen LogP contribution in [-0.4, -0.2) is 35.6 Å². The first-order valence-corrected chi connectivity index (χ1v) is 8.09. The van der Waals surface area contributed by atoms with E-state index < -0.39 is 6.10 Å². The molecule has 1 unspecified atom stereocenters. The Morgan fingerprint density at radius 1 is 1.08 bits per heavy atom. The fourth-order valence-corrected chi connectivity index (χ4v) is 2.75. The molecule has 2 aromatic carbocycles. The predicted octanol–water partition coefficient (Wildman–Crippen LogP) is 3.17. The van der Waals surface area contributed by atoms with Crippen LogP contribution in [0.2, 0.25) is 0 Å². The van der Waals surface area contributed by atoms with Crippen molar-refractivity contribution in [2.24, 2.45) is 0 Å². The number of aliphatic hydroxyl groups is 1. The minimum absolute atomic E-state index is 0.0467. The average molecular weight is 329 g/mol. The number of likely N-dealkylation sites (tertiary alicyclic amines) is 1. The van der Waals surface area contributed by atoms with Crippen LogP contribution in [-0.2, 0) is 0 Å². The van der Waals surface area contributed by atoms with E-state index in [1.807, 2.05) is 4.90 Å². The van der Waals surface area contributed by atoms with Crippen LogP contribution < -0.4 is 4.74 Å². The molecule has 1 aliphatic rings. The van der Waals surface area contributed by atoms with Gasteiger partial charge in [-0.05, 0) is 54.8 Å². The maximum atomic E-state index is 12.9. The molecule has 0 aliphatic carbocycles. The summed E-state index contributed by atoms with van der Waals surface area (Å²) in [4.78, 5) is 14.1. The molecule has 1 heterocycles. The highest BCUT2D eigenvalue weighted by Gasteiger charge is 2.19. The summed E-state index contributed by atoms with van der Waals surface area (Å²) in [5.41, 5.74) is 1.24. The summed E-state index contributed by atoms with van der Waals surface area (Å²) in [5.74, 6) is 0.282. The van der Waals surface area contributed by atoms with Crippen molar-refractivity contribution in [2.45, 2.75) is 18.9 Å². The Hall–Kier alpha value is -2.40. The number of aliphatic hydroxyl groups excluding tert-OH is 1. The Bertz CT molecular complexity index is 679. The number of hydrogen-bond donors (Lipinski definition) is 1. The number of carbonyl (C=O) groups is 1. The van der Waals surface area contributed by atoms with E-state index in [2.05, 4.69) is 0 Å². The molecule has 1 amide bonds. The highest BCUT2D eigenvalue weighted by Crippen LogP contribution is 2.19. The average Bonchev–Trinajstić information content (AvgIpc) is 3.15. The summed E-state index contributed by atoms with van der Waals surface area (Å²) < 4.78 is 18.4. The third-order valence-electron chi connectivity index (χ3n) is 4.16. The molecule has 0 aromatic heterocycles. The zero-order valence-electron chi connectivity index (χ0n) is 13.3. The molecule has 1 N–H and O–H groups in total. The molecule has 0 radical (unpaired) electrons. The zero-order valence-corrected chi connectivity index (χ0v) is 13.3. The minimum Gasteiger partial charge on any atom is -0.491 e. The monoisotopic (exact) mass is 329 g/mol. The van der Waals surface area contributed by atoms with Gasteiger partial charge in [0.2, 0.25) is 0 Å². The number of amides is 1. The van der Waals surface area contributed by atoms with Crippen LogP contribution in [0.1, 0.15) is 34.9 Å². The van der Waals surface area contributed by atoms with Gasteiger partial charge in [-0.1, -0.05) is 12.1 Å². The molecule has 5 heteroatoms. The molecule has 2 aromatic rings. The van der Waals surface area contributed by atoms with Gasteiger partial charge in [-0.2, -0.15) is 0 Å². The first-order chi connectivity index (χ1) is 11.6. The fourth-order valence-electron chi connectivity index (χ4n) is 2.75. The van der Waals surface area contributed by atoms with Crippen molar-refractivity contribution in [3.8, 4) is 5.75 Å². The SMILES string of the molecule is O=C(c1ccc(OCC(O)c2ccc(F)cc2)cc1)N1CCCC1. The molecule has 1 aliphatic heterocycles. The summed E-state index contributed by atoms with van der Waals surface area (Å²) in [7, 11) is 0. The second kappa shape index (κ2) is 7.45. The molecule has 3 rings (SSSR count). The lowest BCUT2D eigenvalue weighted by molar-refractivity contribution is 0.0792. The molecule has 126 valence electrons. The van der Waals surface area contributed by atoms with E-state index >= 15 is 0 Å². The normalized spacial score (nSPS) is 15.3. The molecule has 1 atom stereocenters. The summed E-state index contributed by atoms with van der Waals surface area (Å²) >= 11 is 0.